The van der Waals surface area contributed by atoms with E-state index in [0.29, 0.717) is 6.42 Å². The lowest BCUT2D eigenvalue weighted by Crippen LogP contribution is -2.47. The maximum atomic E-state index is 12.4. The molecule has 0 unspecified atom stereocenters. The van der Waals surface area contributed by atoms with Gasteiger partial charge in [0.1, 0.15) is 12.6 Å². The fourth-order valence-electron chi connectivity index (χ4n) is 2.62. The number of amides is 1. The number of likely N-dealkylation sites (tertiary alicyclic amines) is 1. The third kappa shape index (κ3) is 5.19. The first-order chi connectivity index (χ1) is 12.5. The number of benzene rings is 1. The van der Waals surface area contributed by atoms with Crippen molar-refractivity contribution in [1.82, 2.24) is 4.90 Å². The molecule has 1 aromatic rings. The summed E-state index contributed by atoms with van der Waals surface area (Å²) in [6.45, 7) is 0.951. The van der Waals surface area contributed by atoms with Gasteiger partial charge >= 0.3 is 21.6 Å². The molecule has 0 aliphatic carbocycles. The van der Waals surface area contributed by atoms with Gasteiger partial charge in [0.15, 0.2) is 6.10 Å². The largest absolute Gasteiger partial charge is 0.523 e. The van der Waals surface area contributed by atoms with Crippen molar-refractivity contribution >= 4 is 22.0 Å². The quantitative estimate of drug-likeness (QED) is 0.406. The Balaban J connectivity index is 1.99. The van der Waals surface area contributed by atoms with Crippen LogP contribution in [0.4, 0.5) is 13.2 Å². The number of carbonyl (C=O) groups excluding carboxylic acids is 2. The Labute approximate surface area is 154 Å². The zero-order chi connectivity index (χ0) is 20.2. The summed E-state index contributed by atoms with van der Waals surface area (Å²) < 4.78 is 68.4. The molecule has 2 rings (SSSR count). The Morgan fingerprint density at radius 2 is 1.89 bits per heavy atom. The summed E-state index contributed by atoms with van der Waals surface area (Å²) in [5.41, 5.74) is -4.91. The topological polar surface area (TPSA) is 90.0 Å². The van der Waals surface area contributed by atoms with E-state index in [1.807, 2.05) is 0 Å². The molecule has 1 aliphatic heterocycles. The van der Waals surface area contributed by atoms with Crippen LogP contribution in [0.15, 0.2) is 30.3 Å². The van der Waals surface area contributed by atoms with Crippen LogP contribution in [0.1, 0.15) is 25.3 Å². The number of nitrogens with zero attached hydrogens (tertiary/aromatic N) is 1. The third-order valence-electron chi connectivity index (χ3n) is 3.93. The lowest BCUT2D eigenvalue weighted by Gasteiger charge is -2.26. The lowest BCUT2D eigenvalue weighted by molar-refractivity contribution is -0.156. The normalized spacial score (nSPS) is 19.0. The Bertz CT molecular complexity index is 781. The zero-order valence-corrected chi connectivity index (χ0v) is 15.1. The van der Waals surface area contributed by atoms with Gasteiger partial charge in [0.2, 0.25) is 0 Å². The summed E-state index contributed by atoms with van der Waals surface area (Å²) in [6.07, 6.45) is -1.23. The van der Waals surface area contributed by atoms with Crippen molar-refractivity contribution in [3.8, 4) is 0 Å². The summed E-state index contributed by atoms with van der Waals surface area (Å²) in [7, 11) is -5.92. The molecule has 0 bridgehead atoms. The van der Waals surface area contributed by atoms with Crippen molar-refractivity contribution in [1.29, 1.82) is 0 Å². The summed E-state index contributed by atoms with van der Waals surface area (Å²) in [5.74, 6) is -1.74. The summed E-state index contributed by atoms with van der Waals surface area (Å²) in [6, 6.07) is 7.79. The molecular weight excluding hydrogens is 391 g/mol. The van der Waals surface area contributed by atoms with Crippen molar-refractivity contribution in [3.05, 3.63) is 35.9 Å². The number of hydrogen-bond acceptors (Lipinski definition) is 6. The number of halogens is 3. The first-order valence-corrected chi connectivity index (χ1v) is 9.44. The zero-order valence-electron chi connectivity index (χ0n) is 14.3. The van der Waals surface area contributed by atoms with Gasteiger partial charge < -0.3 is 9.64 Å². The molecule has 1 aliphatic rings. The third-order valence-corrected chi connectivity index (χ3v) is 5.04. The highest BCUT2D eigenvalue weighted by atomic mass is 32.2. The van der Waals surface area contributed by atoms with E-state index in [-0.39, 0.29) is 19.6 Å². The van der Waals surface area contributed by atoms with E-state index < -0.39 is 39.6 Å². The van der Waals surface area contributed by atoms with Gasteiger partial charge in [0.05, 0.1) is 0 Å². The molecule has 7 nitrogen and oxygen atoms in total. The van der Waals surface area contributed by atoms with Crippen LogP contribution in [0, 0.1) is 0 Å². The second-order valence-corrected chi connectivity index (χ2v) is 7.48. The molecule has 1 fully saturated rings. The maximum absolute atomic E-state index is 12.4. The minimum absolute atomic E-state index is 0.0211. The first-order valence-electron chi connectivity index (χ1n) is 8.03. The van der Waals surface area contributed by atoms with Crippen LogP contribution < -0.4 is 0 Å². The molecule has 2 atom stereocenters. The van der Waals surface area contributed by atoms with Gasteiger partial charge in [-0.3, -0.25) is 8.98 Å². The highest BCUT2D eigenvalue weighted by Gasteiger charge is 2.49. The molecule has 0 spiro atoms. The van der Waals surface area contributed by atoms with Gasteiger partial charge in [-0.2, -0.15) is 21.6 Å². The highest BCUT2D eigenvalue weighted by Crippen LogP contribution is 2.27. The van der Waals surface area contributed by atoms with E-state index in [2.05, 4.69) is 4.18 Å². The van der Waals surface area contributed by atoms with E-state index >= 15 is 0 Å². The van der Waals surface area contributed by atoms with Crippen LogP contribution in [0.25, 0.3) is 0 Å². The smallest absolute Gasteiger partial charge is 0.459 e. The first kappa shape index (κ1) is 21.2. The molecule has 0 aromatic heterocycles. The van der Waals surface area contributed by atoms with Gasteiger partial charge in [-0.15, -0.1) is 0 Å². The fourth-order valence-corrected chi connectivity index (χ4v) is 3.19. The molecule has 1 amide bonds. The molecule has 0 N–H and O–H groups in total. The van der Waals surface area contributed by atoms with Crippen LogP contribution in [-0.2, 0) is 35.2 Å². The van der Waals surface area contributed by atoms with Crippen LogP contribution in [0.3, 0.4) is 0 Å². The maximum Gasteiger partial charge on any atom is 0.523 e. The van der Waals surface area contributed by atoms with E-state index in [1.54, 1.807) is 30.3 Å². The van der Waals surface area contributed by atoms with Crippen molar-refractivity contribution in [2.45, 2.75) is 44.0 Å². The van der Waals surface area contributed by atoms with Gasteiger partial charge in [-0.05, 0) is 25.3 Å². The predicted molar refractivity (Wildman–Crippen MR) is 86.5 cm³/mol. The monoisotopic (exact) mass is 409 g/mol. The van der Waals surface area contributed by atoms with Gasteiger partial charge in [0, 0.05) is 6.54 Å². The van der Waals surface area contributed by atoms with E-state index in [9.17, 15) is 31.2 Å². The fraction of sp³-hybridized carbons (Fsp3) is 0.500. The summed E-state index contributed by atoms with van der Waals surface area (Å²) in [4.78, 5) is 25.5. The average Bonchev–Trinajstić information content (AvgIpc) is 3.08. The minimum atomic E-state index is -5.92. The minimum Gasteiger partial charge on any atom is -0.459 e. The summed E-state index contributed by atoms with van der Waals surface area (Å²) in [5, 5.41) is 0. The van der Waals surface area contributed by atoms with Crippen LogP contribution in [0.2, 0.25) is 0 Å². The summed E-state index contributed by atoms with van der Waals surface area (Å²) >= 11 is 0. The van der Waals surface area contributed by atoms with E-state index in [4.69, 9.17) is 4.74 Å². The molecular formula is C16H18F3NO6S. The molecule has 1 aromatic carbocycles. The Morgan fingerprint density at radius 1 is 1.26 bits per heavy atom. The van der Waals surface area contributed by atoms with Crippen molar-refractivity contribution in [2.24, 2.45) is 0 Å². The molecule has 1 heterocycles. The van der Waals surface area contributed by atoms with Crippen LogP contribution in [0.5, 0.6) is 0 Å². The number of carbonyl (C=O) groups is 2. The number of ether oxygens (including phenoxy) is 1. The standard InChI is InChI=1S/C16H18F3NO6S/c1-11(26-27(23,24)16(17,18)19)14(21)20-9-5-8-13(20)15(22)25-10-12-6-3-2-4-7-12/h2-4,6-7,11,13H,5,8-10H2,1H3/t11-,13+/m1/s1. The number of rotatable bonds is 6. The molecule has 1 saturated heterocycles. The van der Waals surface area contributed by atoms with Crippen LogP contribution >= 0.6 is 0 Å². The SMILES string of the molecule is C[C@@H](OS(=O)(=O)C(F)(F)F)C(=O)N1CCC[C@H]1C(=O)OCc1ccccc1. The Hall–Kier alpha value is -2.14. The number of hydrogen-bond donors (Lipinski definition) is 0. The van der Waals surface area contributed by atoms with E-state index in [1.165, 1.54) is 0 Å². The van der Waals surface area contributed by atoms with Crippen molar-refractivity contribution in [3.63, 3.8) is 0 Å². The second-order valence-electron chi connectivity index (χ2n) is 5.92. The predicted octanol–water partition coefficient (Wildman–Crippen LogP) is 1.98. The van der Waals surface area contributed by atoms with Crippen LogP contribution in [-0.4, -0.2) is 49.4 Å². The lowest BCUT2D eigenvalue weighted by atomic mass is 10.2. The average molecular weight is 409 g/mol. The van der Waals surface area contributed by atoms with Crippen molar-refractivity contribution < 1.29 is 40.1 Å². The second kappa shape index (κ2) is 8.26. The molecule has 0 radical (unpaired) electrons. The Morgan fingerprint density at radius 3 is 2.48 bits per heavy atom. The highest BCUT2D eigenvalue weighted by molar-refractivity contribution is 7.87. The van der Waals surface area contributed by atoms with Gasteiger partial charge in [-0.1, -0.05) is 30.3 Å². The van der Waals surface area contributed by atoms with E-state index in [0.717, 1.165) is 17.4 Å². The Kier molecular flexibility index (Phi) is 6.47. The molecule has 11 heteroatoms. The molecule has 27 heavy (non-hydrogen) atoms. The molecule has 150 valence electrons. The van der Waals surface area contributed by atoms with Gasteiger partial charge in [-0.25, -0.2) is 4.79 Å². The number of esters is 1. The molecule has 0 saturated carbocycles. The number of alkyl halides is 3. The van der Waals surface area contributed by atoms with Crippen molar-refractivity contribution in [2.75, 3.05) is 6.54 Å². The van der Waals surface area contributed by atoms with Gasteiger partial charge in [0.25, 0.3) is 5.91 Å².